The lowest BCUT2D eigenvalue weighted by atomic mass is 9.79. The fourth-order valence-electron chi connectivity index (χ4n) is 2.87. The number of nitrogens with one attached hydrogen (secondary N) is 1. The lowest BCUT2D eigenvalue weighted by molar-refractivity contribution is 0.419. The van der Waals surface area contributed by atoms with Crippen molar-refractivity contribution in [2.24, 2.45) is 0 Å². The molecule has 1 heterocycles. The van der Waals surface area contributed by atoms with Crippen LogP contribution in [-0.4, -0.2) is 12.0 Å². The number of aromatic nitrogens is 1. The Morgan fingerprint density at radius 1 is 1.40 bits per heavy atom. The average Bonchev–Trinajstić information content (AvgIpc) is 2.80. The third kappa shape index (κ3) is 2.94. The predicted octanol–water partition coefficient (Wildman–Crippen LogP) is 4.22. The summed E-state index contributed by atoms with van der Waals surface area (Å²) in [5.41, 5.74) is 4.10. The Morgan fingerprint density at radius 3 is 2.85 bits per heavy atom. The molecule has 1 unspecified atom stereocenters. The monoisotopic (exact) mass is 286 g/mol. The van der Waals surface area contributed by atoms with Gasteiger partial charge in [-0.1, -0.05) is 30.7 Å². The van der Waals surface area contributed by atoms with Crippen LogP contribution in [0.3, 0.4) is 0 Å². The van der Waals surface area contributed by atoms with Gasteiger partial charge in [0.05, 0.1) is 10.7 Å². The highest BCUT2D eigenvalue weighted by molar-refractivity contribution is 7.09. The molecular weight excluding hydrogens is 264 g/mol. The van der Waals surface area contributed by atoms with Crippen molar-refractivity contribution >= 4 is 11.3 Å². The highest BCUT2D eigenvalue weighted by Gasteiger charge is 2.20. The van der Waals surface area contributed by atoms with Gasteiger partial charge in [0, 0.05) is 17.8 Å². The van der Waals surface area contributed by atoms with E-state index in [0.717, 1.165) is 17.3 Å². The van der Waals surface area contributed by atoms with Gasteiger partial charge in [-0.15, -0.1) is 11.3 Å². The number of nitrogens with zero attached hydrogens (tertiary/aromatic N) is 1. The Balaban J connectivity index is 1.77. The van der Waals surface area contributed by atoms with E-state index in [1.807, 2.05) is 7.05 Å². The number of hydrogen-bond acceptors (Lipinski definition) is 3. The van der Waals surface area contributed by atoms with Crippen molar-refractivity contribution in [2.75, 3.05) is 7.05 Å². The maximum Gasteiger partial charge on any atom is 0.0897 e. The minimum atomic E-state index is 0.358. The molecule has 0 radical (unpaired) electrons. The van der Waals surface area contributed by atoms with Gasteiger partial charge in [0.1, 0.15) is 0 Å². The van der Waals surface area contributed by atoms with E-state index in [1.165, 1.54) is 36.1 Å². The molecule has 1 atom stereocenters. The maximum atomic E-state index is 4.59. The molecule has 3 heteroatoms. The number of rotatable bonds is 5. The number of aryl methyl sites for hydroxylation is 1. The Morgan fingerprint density at radius 2 is 2.25 bits per heavy atom. The van der Waals surface area contributed by atoms with E-state index < -0.39 is 0 Å². The van der Waals surface area contributed by atoms with Crippen LogP contribution in [0.5, 0.6) is 0 Å². The summed E-state index contributed by atoms with van der Waals surface area (Å²) >= 11 is 1.73. The first kappa shape index (κ1) is 13.8. The molecule has 1 aliphatic carbocycles. The van der Waals surface area contributed by atoms with E-state index in [1.54, 1.807) is 11.3 Å². The first-order chi connectivity index (χ1) is 9.76. The predicted molar refractivity (Wildman–Crippen MR) is 85.4 cm³/mol. The van der Waals surface area contributed by atoms with Crippen LogP contribution < -0.4 is 5.32 Å². The second-order valence-electron chi connectivity index (χ2n) is 5.70. The van der Waals surface area contributed by atoms with Crippen LogP contribution in [0, 0.1) is 6.92 Å². The van der Waals surface area contributed by atoms with Gasteiger partial charge in [-0.2, -0.15) is 0 Å². The Hall–Kier alpha value is -1.19. The molecule has 0 amide bonds. The van der Waals surface area contributed by atoms with Gasteiger partial charge in [-0.05, 0) is 43.9 Å². The third-order valence-corrected chi connectivity index (χ3v) is 5.14. The molecule has 0 bridgehead atoms. The molecule has 2 aromatic rings. The summed E-state index contributed by atoms with van der Waals surface area (Å²) in [5, 5.41) is 6.77. The van der Waals surface area contributed by atoms with E-state index in [2.05, 4.69) is 46.9 Å². The quantitative estimate of drug-likeness (QED) is 0.890. The standard InChI is InChI=1S/C17H22N2S/c1-12-19-16(11-20-12)10-17(18-2)15-8-4-7-14(9-15)13-5-3-6-13/h4,7-9,11,13,17-18H,3,5-6,10H2,1-2H3. The van der Waals surface area contributed by atoms with Crippen LogP contribution in [0.4, 0.5) is 0 Å². The molecule has 2 nitrogen and oxygen atoms in total. The SMILES string of the molecule is CNC(Cc1csc(C)n1)c1cccc(C2CCC2)c1. The average molecular weight is 286 g/mol. The largest absolute Gasteiger partial charge is 0.313 e. The van der Waals surface area contributed by atoms with Gasteiger partial charge in [0.2, 0.25) is 0 Å². The van der Waals surface area contributed by atoms with E-state index >= 15 is 0 Å². The molecule has 0 aliphatic heterocycles. The molecule has 1 saturated carbocycles. The van der Waals surface area contributed by atoms with Gasteiger partial charge < -0.3 is 5.32 Å². The third-order valence-electron chi connectivity index (χ3n) is 4.32. The van der Waals surface area contributed by atoms with Gasteiger partial charge in [-0.25, -0.2) is 4.98 Å². The van der Waals surface area contributed by atoms with Crippen LogP contribution in [-0.2, 0) is 6.42 Å². The normalized spacial score (nSPS) is 16.9. The summed E-state index contributed by atoms with van der Waals surface area (Å²) in [6.07, 6.45) is 5.08. The Bertz CT molecular complexity index is 572. The number of hydrogen-bond donors (Lipinski definition) is 1. The van der Waals surface area contributed by atoms with Crippen molar-refractivity contribution in [1.29, 1.82) is 0 Å². The summed E-state index contributed by atoms with van der Waals surface area (Å²) in [5.74, 6) is 0.800. The second kappa shape index (κ2) is 6.06. The fraction of sp³-hybridized carbons (Fsp3) is 0.471. The van der Waals surface area contributed by atoms with Crippen LogP contribution in [0.2, 0.25) is 0 Å². The molecule has 106 valence electrons. The van der Waals surface area contributed by atoms with Crippen molar-refractivity contribution in [3.63, 3.8) is 0 Å². The summed E-state index contributed by atoms with van der Waals surface area (Å²) < 4.78 is 0. The minimum Gasteiger partial charge on any atom is -0.313 e. The topological polar surface area (TPSA) is 24.9 Å². The molecular formula is C17H22N2S. The van der Waals surface area contributed by atoms with Gasteiger partial charge in [0.25, 0.3) is 0 Å². The van der Waals surface area contributed by atoms with Gasteiger partial charge in [-0.3, -0.25) is 0 Å². The van der Waals surface area contributed by atoms with Crippen molar-refractivity contribution in [2.45, 2.75) is 44.6 Å². The first-order valence-electron chi connectivity index (χ1n) is 7.44. The zero-order valence-electron chi connectivity index (χ0n) is 12.2. The van der Waals surface area contributed by atoms with E-state index in [4.69, 9.17) is 0 Å². The van der Waals surface area contributed by atoms with Crippen LogP contribution in [0.25, 0.3) is 0 Å². The zero-order valence-corrected chi connectivity index (χ0v) is 13.0. The first-order valence-corrected chi connectivity index (χ1v) is 8.32. The second-order valence-corrected chi connectivity index (χ2v) is 6.76. The molecule has 20 heavy (non-hydrogen) atoms. The van der Waals surface area contributed by atoms with Crippen molar-refractivity contribution < 1.29 is 0 Å². The van der Waals surface area contributed by atoms with Crippen molar-refractivity contribution in [1.82, 2.24) is 10.3 Å². The smallest absolute Gasteiger partial charge is 0.0897 e. The fourth-order valence-corrected chi connectivity index (χ4v) is 3.49. The van der Waals surface area contributed by atoms with E-state index in [9.17, 15) is 0 Å². The van der Waals surface area contributed by atoms with Crippen LogP contribution in [0.1, 0.15) is 53.1 Å². The van der Waals surface area contributed by atoms with Crippen LogP contribution in [0.15, 0.2) is 29.6 Å². The van der Waals surface area contributed by atoms with Crippen molar-refractivity contribution in [3.05, 3.63) is 51.5 Å². The maximum absolute atomic E-state index is 4.59. The zero-order chi connectivity index (χ0) is 13.9. The molecule has 1 aliphatic rings. The minimum absolute atomic E-state index is 0.358. The summed E-state index contributed by atoms with van der Waals surface area (Å²) in [4.78, 5) is 4.59. The molecule has 1 N–H and O–H groups in total. The lowest BCUT2D eigenvalue weighted by Gasteiger charge is -2.27. The van der Waals surface area contributed by atoms with Gasteiger partial charge >= 0.3 is 0 Å². The highest BCUT2D eigenvalue weighted by Crippen LogP contribution is 2.37. The molecule has 0 saturated heterocycles. The summed E-state index contributed by atoms with van der Waals surface area (Å²) in [7, 11) is 2.04. The number of thiazole rings is 1. The molecule has 1 aromatic heterocycles. The van der Waals surface area contributed by atoms with Crippen LogP contribution >= 0.6 is 11.3 Å². The Labute approximate surface area is 125 Å². The lowest BCUT2D eigenvalue weighted by Crippen LogP contribution is -2.19. The number of benzene rings is 1. The Kier molecular flexibility index (Phi) is 4.18. The molecule has 1 aromatic carbocycles. The molecule has 1 fully saturated rings. The molecule has 3 rings (SSSR count). The molecule has 0 spiro atoms. The van der Waals surface area contributed by atoms with E-state index in [0.29, 0.717) is 6.04 Å². The highest BCUT2D eigenvalue weighted by atomic mass is 32.1. The summed E-state index contributed by atoms with van der Waals surface area (Å²) in [6.45, 7) is 2.07. The van der Waals surface area contributed by atoms with Crippen molar-refractivity contribution in [3.8, 4) is 0 Å². The summed E-state index contributed by atoms with van der Waals surface area (Å²) in [6, 6.07) is 9.48. The van der Waals surface area contributed by atoms with Gasteiger partial charge in [0.15, 0.2) is 0 Å². The van der Waals surface area contributed by atoms with E-state index in [-0.39, 0.29) is 0 Å². The number of likely N-dealkylation sites (N-methyl/N-ethyl adjacent to an activating group) is 1.